The minimum absolute atomic E-state index is 0.0190. The highest BCUT2D eigenvalue weighted by Gasteiger charge is 2.68. The van der Waals surface area contributed by atoms with Gasteiger partial charge in [-0.3, -0.25) is 14.3 Å². The predicted molar refractivity (Wildman–Crippen MR) is 207 cm³/mol. The van der Waals surface area contributed by atoms with Gasteiger partial charge in [-0.2, -0.15) is 0 Å². The number of hydrogen-bond donors (Lipinski definition) is 2. The molecule has 5 atom stereocenters. The smallest absolute Gasteiger partial charge is 0.337 e. The van der Waals surface area contributed by atoms with E-state index in [1.165, 1.54) is 37.5 Å². The van der Waals surface area contributed by atoms with Crippen LogP contribution in [0.2, 0.25) is 5.02 Å². The molecule has 16 heteroatoms. The van der Waals surface area contributed by atoms with E-state index in [0.29, 0.717) is 41.1 Å². The van der Waals surface area contributed by atoms with Crippen molar-refractivity contribution in [2.45, 2.75) is 82.4 Å². The quantitative estimate of drug-likeness (QED) is 0.174. The molecule has 1 aliphatic heterocycles. The van der Waals surface area contributed by atoms with Crippen LogP contribution in [-0.4, -0.2) is 96.8 Å². The molecule has 4 amide bonds. The van der Waals surface area contributed by atoms with Crippen LogP contribution in [0.15, 0.2) is 61.3 Å². The van der Waals surface area contributed by atoms with Crippen molar-refractivity contribution in [1.29, 1.82) is 0 Å². The lowest BCUT2D eigenvalue weighted by Gasteiger charge is -2.40. The number of hydrogen-bond acceptors (Lipinski definition) is 11. The minimum Gasteiger partial charge on any atom is -0.494 e. The van der Waals surface area contributed by atoms with Gasteiger partial charge in [-0.05, 0) is 68.0 Å². The highest BCUT2D eigenvalue weighted by Crippen LogP contribution is 2.52. The number of methoxy groups -OCH3 is 2. The molecule has 14 nitrogen and oxygen atoms in total. The number of nitrogens with one attached hydrogen (secondary N) is 2. The van der Waals surface area contributed by atoms with Crippen LogP contribution in [0.25, 0.3) is 10.8 Å². The van der Waals surface area contributed by atoms with E-state index in [0.717, 1.165) is 10.3 Å². The fraction of sp³-hybridized carbons (Fsp3) is 0.462. The zero-order valence-electron chi connectivity index (χ0n) is 31.6. The summed E-state index contributed by atoms with van der Waals surface area (Å²) in [6, 6.07) is 9.19. The van der Waals surface area contributed by atoms with E-state index >= 15 is 9.59 Å². The van der Waals surface area contributed by atoms with Crippen LogP contribution in [0.4, 0.5) is 10.5 Å². The molecular weight excluding hydrogens is 750 g/mol. The molecule has 1 saturated heterocycles. The summed E-state index contributed by atoms with van der Waals surface area (Å²) < 4.78 is 45.2. The van der Waals surface area contributed by atoms with Crippen molar-refractivity contribution in [3.8, 4) is 11.6 Å². The van der Waals surface area contributed by atoms with Crippen molar-refractivity contribution in [2.24, 2.45) is 11.3 Å². The number of halogens is 1. The zero-order chi connectivity index (χ0) is 40.0. The summed E-state index contributed by atoms with van der Waals surface area (Å²) in [7, 11) is -1.27. The molecule has 0 bridgehead atoms. The van der Waals surface area contributed by atoms with E-state index in [1.54, 1.807) is 64.1 Å². The van der Waals surface area contributed by atoms with Crippen LogP contribution in [-0.2, 0) is 24.3 Å². The van der Waals surface area contributed by atoms with Crippen molar-refractivity contribution < 1.29 is 41.8 Å². The molecule has 2 N–H and O–H groups in total. The zero-order valence-corrected chi connectivity index (χ0v) is 33.2. The molecule has 55 heavy (non-hydrogen) atoms. The highest BCUT2D eigenvalue weighted by atomic mass is 35.5. The lowest BCUT2D eigenvalue weighted by atomic mass is 9.85. The molecule has 3 aromatic rings. The number of carbonyl (C=O) groups is 4. The van der Waals surface area contributed by atoms with Crippen LogP contribution in [0, 0.1) is 11.3 Å². The summed E-state index contributed by atoms with van der Waals surface area (Å²) in [6.07, 6.45) is 3.55. The third-order valence-corrected chi connectivity index (χ3v) is 12.5. The number of amides is 4. The Morgan fingerprint density at radius 3 is 2.45 bits per heavy atom. The summed E-state index contributed by atoms with van der Waals surface area (Å²) in [4.78, 5) is 63.6. The number of ether oxygens (including phenoxy) is 3. The van der Waals surface area contributed by atoms with E-state index < -0.39 is 74.1 Å². The summed E-state index contributed by atoms with van der Waals surface area (Å²) in [5.41, 5.74) is -2.15. The molecule has 2 aromatic carbocycles. The number of nitrogens with zero attached hydrogens (tertiary/aromatic N) is 3. The van der Waals surface area contributed by atoms with Crippen molar-refractivity contribution in [3.05, 3.63) is 71.9 Å². The largest absolute Gasteiger partial charge is 0.494 e. The molecule has 2 saturated carbocycles. The molecule has 1 aromatic heterocycles. The first-order valence-corrected chi connectivity index (χ1v) is 19.9. The number of imide groups is 1. The number of esters is 1. The Labute approximate surface area is 325 Å². The number of rotatable bonds is 12. The van der Waals surface area contributed by atoms with Crippen molar-refractivity contribution in [1.82, 2.24) is 19.5 Å². The average molecular weight is 796 g/mol. The van der Waals surface area contributed by atoms with Crippen LogP contribution in [0.1, 0.15) is 63.7 Å². The Bertz CT molecular complexity index is 2150. The molecular formula is C39H46ClN5O9S. The number of urea groups is 1. The molecule has 6 rings (SSSR count). The van der Waals surface area contributed by atoms with Gasteiger partial charge in [0, 0.05) is 39.9 Å². The molecule has 3 fully saturated rings. The van der Waals surface area contributed by atoms with Crippen LogP contribution >= 0.6 is 11.6 Å². The van der Waals surface area contributed by atoms with Gasteiger partial charge in [0.15, 0.2) is 0 Å². The second-order valence-corrected chi connectivity index (χ2v) is 17.8. The second kappa shape index (κ2) is 15.0. The van der Waals surface area contributed by atoms with Gasteiger partial charge in [0.25, 0.3) is 11.8 Å². The minimum atomic E-state index is -4.06. The monoisotopic (exact) mass is 795 g/mol. The molecule has 2 heterocycles. The Kier molecular flexibility index (Phi) is 10.8. The first-order valence-electron chi connectivity index (χ1n) is 18.0. The van der Waals surface area contributed by atoms with Gasteiger partial charge in [-0.1, -0.05) is 44.5 Å². The van der Waals surface area contributed by atoms with E-state index in [2.05, 4.69) is 21.6 Å². The van der Waals surface area contributed by atoms with E-state index in [-0.39, 0.29) is 24.4 Å². The van der Waals surface area contributed by atoms with E-state index in [1.807, 2.05) is 0 Å². The predicted octanol–water partition coefficient (Wildman–Crippen LogP) is 5.55. The fourth-order valence-corrected chi connectivity index (χ4v) is 8.69. The number of aromatic nitrogens is 1. The lowest BCUT2D eigenvalue weighted by molar-refractivity contribution is -0.141. The molecule has 294 valence electrons. The maximum absolute atomic E-state index is 15.1. The van der Waals surface area contributed by atoms with Crippen LogP contribution in [0.3, 0.4) is 0 Å². The van der Waals surface area contributed by atoms with Gasteiger partial charge >= 0.3 is 12.0 Å². The van der Waals surface area contributed by atoms with Gasteiger partial charge in [0.05, 0.1) is 37.8 Å². The number of benzene rings is 2. The first kappa shape index (κ1) is 39.8. The Hall–Kier alpha value is -4.89. The van der Waals surface area contributed by atoms with Gasteiger partial charge in [0.2, 0.25) is 15.9 Å². The summed E-state index contributed by atoms with van der Waals surface area (Å²) in [5.74, 6) is -2.26. The molecule has 3 aliphatic rings. The normalized spacial score (nSPS) is 22.7. The third kappa shape index (κ3) is 7.81. The third-order valence-electron chi connectivity index (χ3n) is 10.4. The van der Waals surface area contributed by atoms with Crippen molar-refractivity contribution >= 4 is 61.9 Å². The van der Waals surface area contributed by atoms with Crippen molar-refractivity contribution in [3.63, 3.8) is 0 Å². The van der Waals surface area contributed by atoms with Crippen molar-refractivity contribution in [2.75, 3.05) is 26.1 Å². The number of carbonyl (C=O) groups excluding carboxylic acids is 4. The second-order valence-electron chi connectivity index (χ2n) is 15.4. The van der Waals surface area contributed by atoms with Crippen LogP contribution in [0.5, 0.6) is 11.6 Å². The Balaban J connectivity index is 1.37. The maximum Gasteiger partial charge on any atom is 0.337 e. The molecule has 0 radical (unpaired) electrons. The SMILES string of the molecule is C=C[C@@H]1C[C@@]1(C(=O)NS(=O)(=O)C1CC1)N(C(=O)[C@@H](Nc1cccc(C(=O)OC)c1)C(C)(C)C)C(=O)N1C[C@H](Oc2ncc(OC)c3ccc(Cl)cc23)CC1C. The molecule has 2 aliphatic carbocycles. The van der Waals surface area contributed by atoms with Crippen LogP contribution < -0.4 is 19.5 Å². The number of sulfonamides is 1. The number of likely N-dealkylation sites (tertiary alicyclic amines) is 1. The summed E-state index contributed by atoms with van der Waals surface area (Å²) in [5, 5.41) is 4.27. The standard InChI is InChI=1S/C39H46ClN5O9S/c1-8-24-19-39(24,36(48)43-55(50,51)28-13-14-28)45(34(46)32(38(3,4)5)42-26-11-9-10-23(17-26)35(47)53-7)37(49)44-21-27(16-22(44)2)54-33-30-18-25(40)12-15-29(30)31(52-6)20-41-33/h8-12,15,17-18,20,22,24,27-28,32,42H,1,13-14,16,19,21H2,2-7H3,(H,43,48)/t22?,24-,27-,32-,39-/m1/s1. The topological polar surface area (TPSA) is 174 Å². The Morgan fingerprint density at radius 1 is 1.11 bits per heavy atom. The first-order chi connectivity index (χ1) is 25.9. The summed E-state index contributed by atoms with van der Waals surface area (Å²) in [6.45, 7) is 11.1. The van der Waals surface area contributed by atoms with E-state index in [9.17, 15) is 18.0 Å². The van der Waals surface area contributed by atoms with Gasteiger partial charge in [0.1, 0.15) is 23.4 Å². The number of fused-ring (bicyclic) bond motifs is 1. The van der Waals surface area contributed by atoms with Gasteiger partial charge < -0.3 is 24.4 Å². The van der Waals surface area contributed by atoms with Gasteiger partial charge in [-0.25, -0.2) is 27.9 Å². The summed E-state index contributed by atoms with van der Waals surface area (Å²) >= 11 is 6.33. The maximum atomic E-state index is 15.1. The molecule has 0 spiro atoms. The lowest BCUT2D eigenvalue weighted by Crippen LogP contribution is -2.64. The number of anilines is 1. The fourth-order valence-electron chi connectivity index (χ4n) is 7.15. The van der Waals surface area contributed by atoms with E-state index in [4.69, 9.17) is 25.8 Å². The highest BCUT2D eigenvalue weighted by molar-refractivity contribution is 7.91. The average Bonchev–Trinajstić information content (AvgIpc) is 4.07. The van der Waals surface area contributed by atoms with Gasteiger partial charge in [-0.15, -0.1) is 6.58 Å². The Morgan fingerprint density at radius 2 is 1.84 bits per heavy atom. The number of pyridine rings is 1. The molecule has 1 unspecified atom stereocenters.